The Labute approximate surface area is 118 Å². The van der Waals surface area contributed by atoms with Crippen LogP contribution in [0.3, 0.4) is 0 Å². The van der Waals surface area contributed by atoms with Crippen molar-refractivity contribution in [2.24, 2.45) is 0 Å². The van der Waals surface area contributed by atoms with Gasteiger partial charge in [-0.3, -0.25) is 4.79 Å². The summed E-state index contributed by atoms with van der Waals surface area (Å²) in [4.78, 5) is 12.1. The number of hydrogen-bond donors (Lipinski definition) is 1. The Balaban J connectivity index is 1.69. The normalized spacial score (nSPS) is 16.4. The molecular formula is C16H20N2O2. The first-order valence-electron chi connectivity index (χ1n) is 7.15. The summed E-state index contributed by atoms with van der Waals surface area (Å²) >= 11 is 0. The molecule has 0 radical (unpaired) electrons. The minimum atomic E-state index is 0.0795. The van der Waals surface area contributed by atoms with E-state index in [9.17, 15) is 4.79 Å². The Kier molecular flexibility index (Phi) is 3.74. The van der Waals surface area contributed by atoms with Gasteiger partial charge < -0.3 is 14.6 Å². The van der Waals surface area contributed by atoms with Gasteiger partial charge in [-0.05, 0) is 42.8 Å². The van der Waals surface area contributed by atoms with Gasteiger partial charge in [0.05, 0.1) is 0 Å². The number of aromatic nitrogens is 1. The van der Waals surface area contributed by atoms with Gasteiger partial charge in [0.1, 0.15) is 6.54 Å². The molecule has 1 aliphatic heterocycles. The Morgan fingerprint density at radius 2 is 2.15 bits per heavy atom. The molecule has 106 valence electrons. The highest BCUT2D eigenvalue weighted by Crippen LogP contribution is 2.17. The fourth-order valence-electron chi connectivity index (χ4n) is 2.70. The fraction of sp³-hybridized carbons (Fsp3) is 0.438. The fourth-order valence-corrected chi connectivity index (χ4v) is 2.70. The molecule has 4 heteroatoms. The van der Waals surface area contributed by atoms with Crippen LogP contribution in [0.1, 0.15) is 18.4 Å². The largest absolute Gasteiger partial charge is 0.381 e. The molecule has 0 unspecified atom stereocenters. The third-order valence-corrected chi connectivity index (χ3v) is 3.83. The third kappa shape index (κ3) is 2.85. The minimum absolute atomic E-state index is 0.0795. The molecule has 4 nitrogen and oxygen atoms in total. The summed E-state index contributed by atoms with van der Waals surface area (Å²) in [6.45, 7) is 3.94. The number of nitrogens with zero attached hydrogens (tertiary/aromatic N) is 1. The minimum Gasteiger partial charge on any atom is -0.381 e. The first-order chi connectivity index (χ1) is 9.72. The van der Waals surface area contributed by atoms with Gasteiger partial charge in [0, 0.05) is 31.0 Å². The van der Waals surface area contributed by atoms with Crippen molar-refractivity contribution < 1.29 is 9.53 Å². The average Bonchev–Trinajstić information content (AvgIpc) is 2.82. The quantitative estimate of drug-likeness (QED) is 0.931. The number of carbonyl (C=O) groups excluding carboxylic acids is 1. The van der Waals surface area contributed by atoms with Gasteiger partial charge in [-0.25, -0.2) is 0 Å². The first-order valence-corrected chi connectivity index (χ1v) is 7.15. The van der Waals surface area contributed by atoms with E-state index in [0.29, 0.717) is 6.54 Å². The van der Waals surface area contributed by atoms with Crippen LogP contribution in [-0.2, 0) is 16.1 Å². The lowest BCUT2D eigenvalue weighted by atomic mass is 10.1. The molecule has 1 aromatic carbocycles. The molecular weight excluding hydrogens is 252 g/mol. The van der Waals surface area contributed by atoms with Gasteiger partial charge in [-0.15, -0.1) is 0 Å². The van der Waals surface area contributed by atoms with E-state index in [0.717, 1.165) is 31.6 Å². The van der Waals surface area contributed by atoms with Crippen LogP contribution in [-0.4, -0.2) is 29.7 Å². The molecule has 2 heterocycles. The van der Waals surface area contributed by atoms with Crippen LogP contribution >= 0.6 is 0 Å². The zero-order chi connectivity index (χ0) is 13.9. The first kappa shape index (κ1) is 13.2. The summed E-state index contributed by atoms with van der Waals surface area (Å²) in [6.07, 6.45) is 3.81. The standard InChI is InChI=1S/C16H20N2O2/c1-12-2-3-13-4-7-18(15(13)10-12)11-16(19)17-14-5-8-20-9-6-14/h2-4,7,10,14H,5-6,8-9,11H2,1H3,(H,17,19). The number of aryl methyl sites for hydroxylation is 1. The topological polar surface area (TPSA) is 43.3 Å². The smallest absolute Gasteiger partial charge is 0.240 e. The van der Waals surface area contributed by atoms with E-state index in [2.05, 4.69) is 36.5 Å². The number of fused-ring (bicyclic) bond motifs is 1. The van der Waals surface area contributed by atoms with Crippen molar-refractivity contribution in [3.8, 4) is 0 Å². The number of hydrogen-bond acceptors (Lipinski definition) is 2. The predicted molar refractivity (Wildman–Crippen MR) is 78.7 cm³/mol. The lowest BCUT2D eigenvalue weighted by molar-refractivity contribution is -0.122. The molecule has 1 aliphatic rings. The van der Waals surface area contributed by atoms with Gasteiger partial charge in [-0.2, -0.15) is 0 Å². The van der Waals surface area contributed by atoms with Crippen molar-refractivity contribution in [1.82, 2.24) is 9.88 Å². The summed E-state index contributed by atoms with van der Waals surface area (Å²) < 4.78 is 7.31. The van der Waals surface area contributed by atoms with Crippen LogP contribution in [0.5, 0.6) is 0 Å². The van der Waals surface area contributed by atoms with Gasteiger partial charge in [-0.1, -0.05) is 12.1 Å². The monoisotopic (exact) mass is 272 g/mol. The molecule has 1 amide bonds. The Morgan fingerprint density at radius 1 is 1.35 bits per heavy atom. The molecule has 2 aromatic rings. The summed E-state index contributed by atoms with van der Waals surface area (Å²) in [5.74, 6) is 0.0795. The van der Waals surface area contributed by atoms with Crippen molar-refractivity contribution in [3.63, 3.8) is 0 Å². The molecule has 0 aliphatic carbocycles. The van der Waals surface area contributed by atoms with E-state index >= 15 is 0 Å². The number of benzene rings is 1. The molecule has 1 N–H and O–H groups in total. The molecule has 1 aromatic heterocycles. The van der Waals surface area contributed by atoms with Crippen LogP contribution < -0.4 is 5.32 Å². The van der Waals surface area contributed by atoms with Crippen LogP contribution in [0.4, 0.5) is 0 Å². The Hall–Kier alpha value is -1.81. The molecule has 0 saturated carbocycles. The highest BCUT2D eigenvalue weighted by atomic mass is 16.5. The lowest BCUT2D eigenvalue weighted by Crippen LogP contribution is -2.40. The van der Waals surface area contributed by atoms with E-state index < -0.39 is 0 Å². The summed E-state index contributed by atoms with van der Waals surface area (Å²) in [6, 6.07) is 8.62. The number of carbonyl (C=O) groups is 1. The van der Waals surface area contributed by atoms with Crippen molar-refractivity contribution >= 4 is 16.8 Å². The number of ether oxygens (including phenoxy) is 1. The van der Waals surface area contributed by atoms with Gasteiger partial charge in [0.15, 0.2) is 0 Å². The van der Waals surface area contributed by atoms with Crippen molar-refractivity contribution in [2.45, 2.75) is 32.4 Å². The molecule has 1 fully saturated rings. The van der Waals surface area contributed by atoms with Crippen molar-refractivity contribution in [2.75, 3.05) is 13.2 Å². The van der Waals surface area contributed by atoms with Crippen LogP contribution in [0.25, 0.3) is 10.9 Å². The summed E-state index contributed by atoms with van der Waals surface area (Å²) in [5.41, 5.74) is 2.33. The zero-order valence-corrected chi connectivity index (χ0v) is 11.8. The van der Waals surface area contributed by atoms with Crippen LogP contribution in [0.15, 0.2) is 30.5 Å². The molecule has 0 bridgehead atoms. The highest BCUT2D eigenvalue weighted by molar-refractivity contribution is 5.83. The van der Waals surface area contributed by atoms with Crippen molar-refractivity contribution in [1.29, 1.82) is 0 Å². The molecule has 3 rings (SSSR count). The molecule has 20 heavy (non-hydrogen) atoms. The highest BCUT2D eigenvalue weighted by Gasteiger charge is 2.16. The molecule has 0 atom stereocenters. The summed E-state index contributed by atoms with van der Waals surface area (Å²) in [5, 5.41) is 4.27. The maximum absolute atomic E-state index is 12.1. The number of amides is 1. The maximum atomic E-state index is 12.1. The van der Waals surface area contributed by atoms with Crippen LogP contribution in [0.2, 0.25) is 0 Å². The second-order valence-corrected chi connectivity index (χ2v) is 5.46. The van der Waals surface area contributed by atoms with E-state index in [1.54, 1.807) is 0 Å². The lowest BCUT2D eigenvalue weighted by Gasteiger charge is -2.23. The van der Waals surface area contributed by atoms with E-state index in [4.69, 9.17) is 4.74 Å². The zero-order valence-electron chi connectivity index (χ0n) is 11.8. The molecule has 1 saturated heterocycles. The second kappa shape index (κ2) is 5.67. The molecule has 0 spiro atoms. The van der Waals surface area contributed by atoms with E-state index in [-0.39, 0.29) is 11.9 Å². The Morgan fingerprint density at radius 3 is 2.95 bits per heavy atom. The maximum Gasteiger partial charge on any atom is 0.240 e. The van der Waals surface area contributed by atoms with Crippen LogP contribution in [0, 0.1) is 6.92 Å². The van der Waals surface area contributed by atoms with E-state index in [1.165, 1.54) is 10.9 Å². The van der Waals surface area contributed by atoms with Gasteiger partial charge in [0.2, 0.25) is 5.91 Å². The van der Waals surface area contributed by atoms with Crippen molar-refractivity contribution in [3.05, 3.63) is 36.0 Å². The average molecular weight is 272 g/mol. The van der Waals surface area contributed by atoms with Gasteiger partial charge in [0.25, 0.3) is 0 Å². The second-order valence-electron chi connectivity index (χ2n) is 5.46. The van der Waals surface area contributed by atoms with Gasteiger partial charge >= 0.3 is 0 Å². The summed E-state index contributed by atoms with van der Waals surface area (Å²) in [7, 11) is 0. The van der Waals surface area contributed by atoms with E-state index in [1.807, 2.05) is 10.8 Å². The number of nitrogens with one attached hydrogen (secondary N) is 1. The predicted octanol–water partition coefficient (Wildman–Crippen LogP) is 2.24. The number of rotatable bonds is 3. The Bertz CT molecular complexity index is 612. The third-order valence-electron chi connectivity index (χ3n) is 3.83. The SMILES string of the molecule is Cc1ccc2ccn(CC(=O)NC3CCOCC3)c2c1.